The van der Waals surface area contributed by atoms with Crippen molar-refractivity contribution < 1.29 is 9.31 Å². The van der Waals surface area contributed by atoms with Gasteiger partial charge in [-0.05, 0) is 30.2 Å². The summed E-state index contributed by atoms with van der Waals surface area (Å²) < 4.78 is 12.8. The smallest absolute Gasteiger partial charge is 0.207 e. The van der Waals surface area contributed by atoms with Gasteiger partial charge >= 0.3 is 0 Å². The largest absolute Gasteiger partial charge is 0.265 e. The molecule has 13 heavy (non-hydrogen) atoms. The monoisotopic (exact) mass is 183 g/mol. The summed E-state index contributed by atoms with van der Waals surface area (Å²) in [5, 5.41) is 10.1. The molecule has 1 aromatic carbocycles. The number of hydrogen-bond acceptors (Lipinski definition) is 2. The van der Waals surface area contributed by atoms with E-state index >= 15 is 0 Å². The Labute approximate surface area is 75.3 Å². The van der Waals surface area contributed by atoms with E-state index in [9.17, 15) is 14.5 Å². The molecule has 0 radical (unpaired) electrons. The fraction of sp³-hybridized carbons (Fsp3) is 0.333. The Morgan fingerprint density at radius 3 is 2.69 bits per heavy atom. The summed E-state index contributed by atoms with van der Waals surface area (Å²) in [4.78, 5) is 9.65. The van der Waals surface area contributed by atoms with E-state index in [2.05, 4.69) is 0 Å². The molecule has 0 fully saturated rings. The topological polar surface area (TPSA) is 43.1 Å². The molecule has 3 nitrogen and oxygen atoms in total. The van der Waals surface area contributed by atoms with Crippen LogP contribution in [0.25, 0.3) is 0 Å². The van der Waals surface area contributed by atoms with Crippen molar-refractivity contribution in [3.8, 4) is 0 Å². The van der Waals surface area contributed by atoms with Crippen LogP contribution in [0.4, 0.5) is 4.39 Å². The van der Waals surface area contributed by atoms with Crippen LogP contribution in [0.3, 0.4) is 0 Å². The predicted octanol–water partition coefficient (Wildman–Crippen LogP) is 1.95. The highest BCUT2D eigenvalue weighted by atomic mass is 19.1. The maximum absolute atomic E-state index is 12.8. The average Bonchev–Trinajstić information content (AvgIpc) is 1.99. The van der Waals surface area contributed by atoms with E-state index in [0.29, 0.717) is 5.56 Å². The third-order valence-electron chi connectivity index (χ3n) is 1.68. The van der Waals surface area contributed by atoms with Crippen molar-refractivity contribution >= 4 is 0 Å². The number of aryl methyl sites for hydroxylation is 1. The van der Waals surface area contributed by atoms with Gasteiger partial charge in [0.2, 0.25) is 6.54 Å². The third-order valence-corrected chi connectivity index (χ3v) is 1.68. The molecule has 0 saturated carbocycles. The molecular weight excluding hydrogens is 173 g/mol. The molecule has 0 atom stereocenters. The lowest BCUT2D eigenvalue weighted by Crippen LogP contribution is -2.04. The molecule has 0 aliphatic heterocycles. The number of nitro groups is 1. The quantitative estimate of drug-likeness (QED) is 0.531. The molecule has 0 bridgehead atoms. The second kappa shape index (κ2) is 3.98. The maximum Gasteiger partial charge on any atom is 0.207 e. The standard InChI is InChI=1S/C9H10FNO2/c1-7-4-8(2-3-11(12)13)6-9(10)5-7/h4-6H,2-3H2,1H3. The molecule has 0 amide bonds. The molecule has 0 N–H and O–H groups in total. The van der Waals surface area contributed by atoms with Crippen LogP contribution in [0.1, 0.15) is 11.1 Å². The first-order chi connectivity index (χ1) is 6.08. The Hall–Kier alpha value is -1.45. The molecule has 0 aromatic heterocycles. The van der Waals surface area contributed by atoms with Crippen LogP contribution >= 0.6 is 0 Å². The van der Waals surface area contributed by atoms with Crippen molar-refractivity contribution in [1.29, 1.82) is 0 Å². The van der Waals surface area contributed by atoms with Gasteiger partial charge in [-0.15, -0.1) is 0 Å². The molecular formula is C9H10FNO2. The SMILES string of the molecule is Cc1cc(F)cc(CC[N+](=O)[O-])c1. The molecule has 0 spiro atoms. The first-order valence-corrected chi connectivity index (χ1v) is 3.96. The van der Waals surface area contributed by atoms with Crippen molar-refractivity contribution in [2.24, 2.45) is 0 Å². The lowest BCUT2D eigenvalue weighted by molar-refractivity contribution is -0.479. The van der Waals surface area contributed by atoms with Gasteiger partial charge in [0.15, 0.2) is 0 Å². The van der Waals surface area contributed by atoms with Gasteiger partial charge in [-0.2, -0.15) is 0 Å². The third kappa shape index (κ3) is 3.19. The number of rotatable bonds is 3. The van der Waals surface area contributed by atoms with Crippen molar-refractivity contribution in [3.63, 3.8) is 0 Å². The average molecular weight is 183 g/mol. The van der Waals surface area contributed by atoms with E-state index in [1.165, 1.54) is 12.1 Å². The van der Waals surface area contributed by atoms with Crippen LogP contribution in [0.15, 0.2) is 18.2 Å². The van der Waals surface area contributed by atoms with Gasteiger partial charge in [0, 0.05) is 11.3 Å². The first-order valence-electron chi connectivity index (χ1n) is 3.96. The molecule has 0 heterocycles. The molecule has 1 rings (SSSR count). The van der Waals surface area contributed by atoms with Gasteiger partial charge in [-0.25, -0.2) is 4.39 Å². The molecule has 0 unspecified atom stereocenters. The predicted molar refractivity (Wildman–Crippen MR) is 46.7 cm³/mol. The zero-order chi connectivity index (χ0) is 9.84. The lowest BCUT2D eigenvalue weighted by atomic mass is 10.1. The van der Waals surface area contributed by atoms with E-state index in [1.54, 1.807) is 13.0 Å². The molecule has 0 saturated heterocycles. The summed E-state index contributed by atoms with van der Waals surface area (Å²) in [5.74, 6) is -0.335. The number of hydrogen-bond donors (Lipinski definition) is 0. The Balaban J connectivity index is 2.71. The molecule has 0 aliphatic rings. The van der Waals surface area contributed by atoms with Gasteiger partial charge in [0.05, 0.1) is 0 Å². The fourth-order valence-corrected chi connectivity index (χ4v) is 1.18. The molecule has 1 aromatic rings. The highest BCUT2D eigenvalue weighted by Crippen LogP contribution is 2.08. The second-order valence-electron chi connectivity index (χ2n) is 2.94. The zero-order valence-corrected chi connectivity index (χ0v) is 7.29. The minimum Gasteiger partial charge on any atom is -0.265 e. The van der Waals surface area contributed by atoms with Crippen molar-refractivity contribution in [3.05, 3.63) is 45.3 Å². The fourth-order valence-electron chi connectivity index (χ4n) is 1.18. The van der Waals surface area contributed by atoms with Crippen molar-refractivity contribution in [1.82, 2.24) is 0 Å². The van der Waals surface area contributed by atoms with Crippen LogP contribution in [0.5, 0.6) is 0 Å². The number of nitrogens with zero attached hydrogens (tertiary/aromatic N) is 1. The van der Waals surface area contributed by atoms with Crippen molar-refractivity contribution in [2.75, 3.05) is 6.54 Å². The Bertz CT molecular complexity index is 305. The summed E-state index contributed by atoms with van der Waals surface area (Å²) in [6.07, 6.45) is 0.283. The van der Waals surface area contributed by atoms with E-state index in [0.717, 1.165) is 5.56 Å². The van der Waals surface area contributed by atoms with E-state index in [-0.39, 0.29) is 18.8 Å². The van der Waals surface area contributed by atoms with Gasteiger partial charge in [-0.3, -0.25) is 10.1 Å². The minimum absolute atomic E-state index is 0.150. The van der Waals surface area contributed by atoms with Crippen molar-refractivity contribution in [2.45, 2.75) is 13.3 Å². The Kier molecular flexibility index (Phi) is 2.95. The highest BCUT2D eigenvalue weighted by Gasteiger charge is 2.02. The van der Waals surface area contributed by atoms with Gasteiger partial charge in [0.25, 0.3) is 0 Å². The Morgan fingerprint density at radius 1 is 1.46 bits per heavy atom. The highest BCUT2D eigenvalue weighted by molar-refractivity contribution is 5.23. The number of halogens is 1. The van der Waals surface area contributed by atoms with Gasteiger partial charge in [-0.1, -0.05) is 6.07 Å². The number of benzene rings is 1. The normalized spacial score (nSPS) is 10.0. The summed E-state index contributed by atoms with van der Waals surface area (Å²) in [6.45, 7) is 1.61. The second-order valence-corrected chi connectivity index (χ2v) is 2.94. The maximum atomic E-state index is 12.8. The molecule has 4 heteroatoms. The van der Waals surface area contributed by atoms with Crippen LogP contribution in [0, 0.1) is 22.9 Å². The van der Waals surface area contributed by atoms with E-state index < -0.39 is 4.92 Å². The first kappa shape index (κ1) is 9.64. The lowest BCUT2D eigenvalue weighted by Gasteiger charge is -1.99. The molecule has 0 aliphatic carbocycles. The summed E-state index contributed by atoms with van der Waals surface area (Å²) >= 11 is 0. The summed E-state index contributed by atoms with van der Waals surface area (Å²) in [6, 6.07) is 4.48. The Morgan fingerprint density at radius 2 is 2.15 bits per heavy atom. The van der Waals surface area contributed by atoms with Crippen LogP contribution in [-0.2, 0) is 6.42 Å². The molecule has 70 valence electrons. The summed E-state index contributed by atoms with van der Waals surface area (Å²) in [5.41, 5.74) is 1.47. The van der Waals surface area contributed by atoms with Crippen LogP contribution in [0.2, 0.25) is 0 Å². The van der Waals surface area contributed by atoms with Gasteiger partial charge < -0.3 is 0 Å². The van der Waals surface area contributed by atoms with Crippen LogP contribution in [-0.4, -0.2) is 11.5 Å². The minimum atomic E-state index is -0.403. The van der Waals surface area contributed by atoms with Gasteiger partial charge in [0.1, 0.15) is 5.82 Å². The van der Waals surface area contributed by atoms with E-state index in [4.69, 9.17) is 0 Å². The zero-order valence-electron chi connectivity index (χ0n) is 7.29. The van der Waals surface area contributed by atoms with E-state index in [1.807, 2.05) is 0 Å². The van der Waals surface area contributed by atoms with Crippen LogP contribution < -0.4 is 0 Å². The summed E-state index contributed by atoms with van der Waals surface area (Å²) in [7, 11) is 0.